The highest BCUT2D eigenvalue weighted by atomic mass is 79.9. The third-order valence-corrected chi connectivity index (χ3v) is 4.12. The fourth-order valence-corrected chi connectivity index (χ4v) is 2.78. The lowest BCUT2D eigenvalue weighted by atomic mass is 9.93. The second-order valence-corrected chi connectivity index (χ2v) is 7.34. The molecule has 0 spiro atoms. The highest BCUT2D eigenvalue weighted by Gasteiger charge is 2.22. The number of aromatic nitrogens is 2. The second-order valence-electron chi connectivity index (χ2n) is 6.53. The van der Waals surface area contributed by atoms with E-state index in [2.05, 4.69) is 58.9 Å². The molecule has 0 saturated carbocycles. The number of hydrogen-bond acceptors (Lipinski definition) is 4. The fourth-order valence-electron chi connectivity index (χ4n) is 2.39. The molecular weight excluding hydrogens is 318 g/mol. The van der Waals surface area contributed by atoms with Crippen LogP contribution in [-0.4, -0.2) is 29.2 Å². The fraction of sp³-hybridized carbons (Fsp3) is 0.733. The van der Waals surface area contributed by atoms with E-state index < -0.39 is 0 Å². The lowest BCUT2D eigenvalue weighted by Gasteiger charge is -2.29. The first-order valence-corrected chi connectivity index (χ1v) is 8.05. The zero-order valence-electron chi connectivity index (χ0n) is 12.7. The molecule has 0 aliphatic carbocycles. The van der Waals surface area contributed by atoms with E-state index in [-0.39, 0.29) is 5.41 Å². The Labute approximate surface area is 129 Å². The van der Waals surface area contributed by atoms with Crippen LogP contribution >= 0.6 is 15.9 Å². The second kappa shape index (κ2) is 6.39. The normalized spacial score (nSPS) is 18.9. The van der Waals surface area contributed by atoms with E-state index >= 15 is 0 Å². The first-order valence-electron chi connectivity index (χ1n) is 7.25. The molecule has 1 fully saturated rings. The van der Waals surface area contributed by atoms with Crippen LogP contribution in [0.25, 0.3) is 0 Å². The van der Waals surface area contributed by atoms with Crippen molar-refractivity contribution in [3.05, 3.63) is 16.5 Å². The highest BCUT2D eigenvalue weighted by molar-refractivity contribution is 9.10. The smallest absolute Gasteiger partial charge is 0.137 e. The van der Waals surface area contributed by atoms with Gasteiger partial charge in [0, 0.05) is 30.7 Å². The van der Waals surface area contributed by atoms with Gasteiger partial charge in [0.25, 0.3) is 0 Å². The van der Waals surface area contributed by atoms with Crippen molar-refractivity contribution >= 4 is 21.7 Å². The highest BCUT2D eigenvalue weighted by Crippen LogP contribution is 2.25. The average Bonchev–Trinajstić information content (AvgIpc) is 2.38. The van der Waals surface area contributed by atoms with Crippen molar-refractivity contribution in [3.63, 3.8) is 0 Å². The van der Waals surface area contributed by atoms with Crippen molar-refractivity contribution in [1.29, 1.82) is 0 Å². The van der Waals surface area contributed by atoms with Crippen LogP contribution in [0.4, 0.5) is 5.82 Å². The van der Waals surface area contributed by atoms with Gasteiger partial charge >= 0.3 is 0 Å². The SMILES string of the molecule is CC(Nc1cc(Br)nc(C(C)(C)C)n1)C1CCOCC1. The number of halogens is 1. The summed E-state index contributed by atoms with van der Waals surface area (Å²) in [6.45, 7) is 10.3. The molecular formula is C15H24BrN3O. The Balaban J connectivity index is 2.10. The Hall–Kier alpha value is -0.680. The lowest BCUT2D eigenvalue weighted by molar-refractivity contribution is 0.0622. The van der Waals surface area contributed by atoms with E-state index in [1.165, 1.54) is 0 Å². The van der Waals surface area contributed by atoms with Crippen LogP contribution in [-0.2, 0) is 10.2 Å². The summed E-state index contributed by atoms with van der Waals surface area (Å²) in [5, 5.41) is 3.53. The van der Waals surface area contributed by atoms with Gasteiger partial charge in [-0.2, -0.15) is 0 Å². The predicted molar refractivity (Wildman–Crippen MR) is 85.1 cm³/mol. The van der Waals surface area contributed by atoms with Gasteiger partial charge in [-0.15, -0.1) is 0 Å². The summed E-state index contributed by atoms with van der Waals surface area (Å²) in [6, 6.07) is 2.35. The summed E-state index contributed by atoms with van der Waals surface area (Å²) in [5.74, 6) is 2.40. The van der Waals surface area contributed by atoms with Crippen LogP contribution in [0.3, 0.4) is 0 Å². The Kier molecular flexibility index (Phi) is 5.02. The zero-order chi connectivity index (χ0) is 14.8. The topological polar surface area (TPSA) is 47.0 Å². The largest absolute Gasteiger partial charge is 0.381 e. The van der Waals surface area contributed by atoms with Gasteiger partial charge < -0.3 is 10.1 Å². The standard InChI is InChI=1S/C15H24BrN3O/c1-10(11-5-7-20-8-6-11)17-13-9-12(16)18-14(19-13)15(2,3)4/h9-11H,5-8H2,1-4H3,(H,17,18,19). The van der Waals surface area contributed by atoms with E-state index in [4.69, 9.17) is 4.74 Å². The van der Waals surface area contributed by atoms with Crippen molar-refractivity contribution < 1.29 is 4.74 Å². The molecule has 5 heteroatoms. The molecule has 112 valence electrons. The van der Waals surface area contributed by atoms with Crippen molar-refractivity contribution in [2.45, 2.75) is 52.0 Å². The van der Waals surface area contributed by atoms with Crippen molar-refractivity contribution in [2.24, 2.45) is 5.92 Å². The number of anilines is 1. The van der Waals surface area contributed by atoms with Gasteiger partial charge in [-0.3, -0.25) is 0 Å². The van der Waals surface area contributed by atoms with Gasteiger partial charge in [-0.25, -0.2) is 9.97 Å². The van der Waals surface area contributed by atoms with Crippen molar-refractivity contribution in [2.75, 3.05) is 18.5 Å². The van der Waals surface area contributed by atoms with Gasteiger partial charge in [0.2, 0.25) is 0 Å². The van der Waals surface area contributed by atoms with E-state index in [1.54, 1.807) is 0 Å². The minimum Gasteiger partial charge on any atom is -0.381 e. The minimum absolute atomic E-state index is 0.0534. The van der Waals surface area contributed by atoms with E-state index in [0.717, 1.165) is 42.3 Å². The maximum atomic E-state index is 5.42. The van der Waals surface area contributed by atoms with Crippen LogP contribution in [0, 0.1) is 5.92 Å². The van der Waals surface area contributed by atoms with Crippen LogP contribution in [0.15, 0.2) is 10.7 Å². The first-order chi connectivity index (χ1) is 9.36. The maximum absolute atomic E-state index is 5.42. The number of nitrogens with zero attached hydrogens (tertiary/aromatic N) is 2. The third kappa shape index (κ3) is 4.16. The maximum Gasteiger partial charge on any atom is 0.137 e. The van der Waals surface area contributed by atoms with E-state index in [0.29, 0.717) is 12.0 Å². The number of nitrogens with one attached hydrogen (secondary N) is 1. The van der Waals surface area contributed by atoms with Gasteiger partial charge in [-0.05, 0) is 41.6 Å². The Morgan fingerprint density at radius 3 is 2.55 bits per heavy atom. The molecule has 1 aliphatic rings. The summed E-state index contributed by atoms with van der Waals surface area (Å²) in [6.07, 6.45) is 2.24. The molecule has 1 saturated heterocycles. The third-order valence-electron chi connectivity index (χ3n) is 3.71. The summed E-state index contributed by atoms with van der Waals surface area (Å²) in [5.41, 5.74) is -0.0534. The minimum atomic E-state index is -0.0534. The number of rotatable bonds is 3. The van der Waals surface area contributed by atoms with E-state index in [9.17, 15) is 0 Å². The summed E-state index contributed by atoms with van der Waals surface area (Å²) in [4.78, 5) is 9.13. The molecule has 2 rings (SSSR count). The van der Waals surface area contributed by atoms with E-state index in [1.807, 2.05) is 6.07 Å². The van der Waals surface area contributed by atoms with Crippen LogP contribution in [0.5, 0.6) is 0 Å². The van der Waals surface area contributed by atoms with Crippen LogP contribution in [0.2, 0.25) is 0 Å². The lowest BCUT2D eigenvalue weighted by Crippen LogP contribution is -2.31. The molecule has 2 heterocycles. The molecule has 0 amide bonds. The van der Waals surface area contributed by atoms with Crippen LogP contribution < -0.4 is 5.32 Å². The number of hydrogen-bond donors (Lipinski definition) is 1. The predicted octanol–water partition coefficient (Wildman–Crippen LogP) is 3.76. The first kappa shape index (κ1) is 15.7. The van der Waals surface area contributed by atoms with Crippen molar-refractivity contribution in [3.8, 4) is 0 Å². The quantitative estimate of drug-likeness (QED) is 0.850. The molecule has 1 aromatic rings. The molecule has 0 bridgehead atoms. The molecule has 1 atom stereocenters. The molecule has 20 heavy (non-hydrogen) atoms. The summed E-state index contributed by atoms with van der Waals surface area (Å²) in [7, 11) is 0. The van der Waals surface area contributed by atoms with Crippen LogP contribution in [0.1, 0.15) is 46.4 Å². The Bertz CT molecular complexity index is 453. The average molecular weight is 342 g/mol. The monoisotopic (exact) mass is 341 g/mol. The van der Waals surface area contributed by atoms with Gasteiger partial charge in [0.1, 0.15) is 16.2 Å². The molecule has 0 radical (unpaired) electrons. The zero-order valence-corrected chi connectivity index (χ0v) is 14.3. The van der Waals surface area contributed by atoms with Gasteiger partial charge in [0.15, 0.2) is 0 Å². The molecule has 4 nitrogen and oxygen atoms in total. The Morgan fingerprint density at radius 1 is 1.30 bits per heavy atom. The van der Waals surface area contributed by atoms with Gasteiger partial charge in [-0.1, -0.05) is 20.8 Å². The molecule has 1 unspecified atom stereocenters. The molecule has 0 aromatic carbocycles. The molecule has 1 aromatic heterocycles. The summed E-state index contributed by atoms with van der Waals surface area (Å²) >= 11 is 3.48. The Morgan fingerprint density at radius 2 is 1.95 bits per heavy atom. The van der Waals surface area contributed by atoms with Crippen molar-refractivity contribution in [1.82, 2.24) is 9.97 Å². The summed E-state index contributed by atoms with van der Waals surface area (Å²) < 4.78 is 6.25. The molecule has 1 aliphatic heterocycles. The van der Waals surface area contributed by atoms with Gasteiger partial charge in [0.05, 0.1) is 0 Å². The molecule has 1 N–H and O–H groups in total. The number of ether oxygens (including phenoxy) is 1.